The Morgan fingerprint density at radius 3 is 2.88 bits per heavy atom. The first-order valence-electron chi connectivity index (χ1n) is 5.76. The van der Waals surface area contributed by atoms with Crippen LogP contribution in [0.3, 0.4) is 0 Å². The molecule has 0 amide bonds. The Kier molecular flexibility index (Phi) is 4.12. The van der Waals surface area contributed by atoms with Gasteiger partial charge in [-0.15, -0.1) is 0 Å². The van der Waals surface area contributed by atoms with Gasteiger partial charge in [-0.25, -0.2) is 0 Å². The fraction of sp³-hybridized carbons (Fsp3) is 0.462. The lowest BCUT2D eigenvalue weighted by Crippen LogP contribution is -2.31. The van der Waals surface area contributed by atoms with Gasteiger partial charge in [0.15, 0.2) is 0 Å². The van der Waals surface area contributed by atoms with Gasteiger partial charge in [-0.1, -0.05) is 30.3 Å². The van der Waals surface area contributed by atoms with Crippen LogP contribution in [0, 0.1) is 0 Å². The van der Waals surface area contributed by atoms with E-state index in [0.717, 1.165) is 5.56 Å². The van der Waals surface area contributed by atoms with Gasteiger partial charge in [0.25, 0.3) is 0 Å². The fourth-order valence-corrected chi connectivity index (χ4v) is 1.94. The number of methoxy groups -OCH3 is 1. The van der Waals surface area contributed by atoms with Gasteiger partial charge in [0.05, 0.1) is 19.8 Å². The molecule has 1 heterocycles. The third-order valence-electron chi connectivity index (χ3n) is 2.90. The van der Waals surface area contributed by atoms with Gasteiger partial charge in [0.1, 0.15) is 6.04 Å². The standard InChI is InChI=1S/C13H17NO3/c1-16-13(15)12-7-11(8-14-12)17-9-10-5-3-2-4-6-10/h2-6,11-12,14H,7-9H2,1H3/t11-,12-/m1/s1. The molecule has 1 aliphatic heterocycles. The summed E-state index contributed by atoms with van der Waals surface area (Å²) in [6.45, 7) is 1.29. The minimum Gasteiger partial charge on any atom is -0.468 e. The Labute approximate surface area is 101 Å². The maximum atomic E-state index is 11.3. The van der Waals surface area contributed by atoms with E-state index in [9.17, 15) is 4.79 Å². The molecule has 1 aromatic carbocycles. The smallest absolute Gasteiger partial charge is 0.322 e. The van der Waals surface area contributed by atoms with E-state index in [2.05, 4.69) is 10.1 Å². The summed E-state index contributed by atoms with van der Waals surface area (Å²) in [6.07, 6.45) is 0.763. The normalized spacial score (nSPS) is 23.6. The zero-order valence-electron chi connectivity index (χ0n) is 9.89. The van der Waals surface area contributed by atoms with E-state index >= 15 is 0 Å². The molecule has 2 atom stereocenters. The quantitative estimate of drug-likeness (QED) is 0.794. The fourth-order valence-electron chi connectivity index (χ4n) is 1.94. The summed E-state index contributed by atoms with van der Waals surface area (Å²) in [5, 5.41) is 3.09. The molecule has 1 fully saturated rings. The van der Waals surface area contributed by atoms with Crippen LogP contribution >= 0.6 is 0 Å². The van der Waals surface area contributed by atoms with Crippen molar-refractivity contribution >= 4 is 5.97 Å². The highest BCUT2D eigenvalue weighted by molar-refractivity contribution is 5.76. The second-order valence-electron chi connectivity index (χ2n) is 4.14. The van der Waals surface area contributed by atoms with Crippen LogP contribution in [0.15, 0.2) is 30.3 Å². The number of hydrogen-bond donors (Lipinski definition) is 1. The average Bonchev–Trinajstić information content (AvgIpc) is 2.85. The predicted molar refractivity (Wildman–Crippen MR) is 63.4 cm³/mol. The van der Waals surface area contributed by atoms with Crippen molar-refractivity contribution in [3.8, 4) is 0 Å². The van der Waals surface area contributed by atoms with Crippen LogP contribution in [0.1, 0.15) is 12.0 Å². The summed E-state index contributed by atoms with van der Waals surface area (Å²) in [5.74, 6) is -0.212. The second kappa shape index (κ2) is 5.80. The third-order valence-corrected chi connectivity index (χ3v) is 2.90. The molecule has 17 heavy (non-hydrogen) atoms. The number of esters is 1. The molecule has 92 valence electrons. The molecule has 0 saturated carbocycles. The molecule has 0 bridgehead atoms. The number of hydrogen-bond acceptors (Lipinski definition) is 4. The highest BCUT2D eigenvalue weighted by Crippen LogP contribution is 2.13. The number of nitrogens with one attached hydrogen (secondary N) is 1. The maximum Gasteiger partial charge on any atom is 0.322 e. The maximum absolute atomic E-state index is 11.3. The number of carbonyl (C=O) groups is 1. The second-order valence-corrected chi connectivity index (χ2v) is 4.14. The molecule has 0 radical (unpaired) electrons. The van der Waals surface area contributed by atoms with E-state index in [1.54, 1.807) is 0 Å². The molecule has 0 aromatic heterocycles. The van der Waals surface area contributed by atoms with Gasteiger partial charge in [0.2, 0.25) is 0 Å². The Morgan fingerprint density at radius 1 is 1.41 bits per heavy atom. The summed E-state index contributed by atoms with van der Waals surface area (Å²) in [7, 11) is 1.40. The van der Waals surface area contributed by atoms with Crippen molar-refractivity contribution < 1.29 is 14.3 Å². The van der Waals surface area contributed by atoms with Crippen molar-refractivity contribution in [3.05, 3.63) is 35.9 Å². The van der Waals surface area contributed by atoms with Gasteiger partial charge in [0, 0.05) is 13.0 Å². The molecule has 0 spiro atoms. The summed E-state index contributed by atoms with van der Waals surface area (Å²) >= 11 is 0. The molecular weight excluding hydrogens is 218 g/mol. The molecule has 1 aromatic rings. The van der Waals surface area contributed by atoms with Gasteiger partial charge in [-0.05, 0) is 5.56 Å². The minimum absolute atomic E-state index is 0.0827. The molecule has 0 aliphatic carbocycles. The third kappa shape index (κ3) is 3.28. The van der Waals surface area contributed by atoms with Crippen LogP contribution in [0.25, 0.3) is 0 Å². The lowest BCUT2D eigenvalue weighted by atomic mass is 10.2. The van der Waals surface area contributed by atoms with Crippen molar-refractivity contribution in [2.24, 2.45) is 0 Å². The summed E-state index contributed by atoms with van der Waals surface area (Å²) in [4.78, 5) is 11.3. The van der Waals surface area contributed by atoms with Crippen LogP contribution in [0.2, 0.25) is 0 Å². The molecule has 4 nitrogen and oxygen atoms in total. The van der Waals surface area contributed by atoms with E-state index in [4.69, 9.17) is 4.74 Å². The topological polar surface area (TPSA) is 47.6 Å². The van der Waals surface area contributed by atoms with Gasteiger partial charge in [-0.3, -0.25) is 4.79 Å². The number of rotatable bonds is 4. The van der Waals surface area contributed by atoms with Crippen molar-refractivity contribution in [2.75, 3.05) is 13.7 Å². The Balaban J connectivity index is 1.77. The lowest BCUT2D eigenvalue weighted by molar-refractivity contribution is -0.142. The van der Waals surface area contributed by atoms with Crippen LogP contribution in [-0.2, 0) is 20.9 Å². The summed E-state index contributed by atoms with van der Waals surface area (Å²) in [6, 6.07) is 9.79. The molecule has 1 aliphatic rings. The predicted octanol–water partition coefficient (Wildman–Crippen LogP) is 1.11. The first-order valence-corrected chi connectivity index (χ1v) is 5.76. The molecule has 4 heteroatoms. The van der Waals surface area contributed by atoms with Crippen LogP contribution in [0.5, 0.6) is 0 Å². The van der Waals surface area contributed by atoms with E-state index in [1.165, 1.54) is 7.11 Å². The average molecular weight is 235 g/mol. The highest BCUT2D eigenvalue weighted by atomic mass is 16.5. The Bertz CT molecular complexity index is 366. The number of carbonyl (C=O) groups excluding carboxylic acids is 1. The Hall–Kier alpha value is -1.39. The van der Waals surface area contributed by atoms with Crippen LogP contribution in [0.4, 0.5) is 0 Å². The van der Waals surface area contributed by atoms with E-state index in [1.807, 2.05) is 30.3 Å². The van der Waals surface area contributed by atoms with Crippen molar-refractivity contribution in [3.63, 3.8) is 0 Å². The largest absolute Gasteiger partial charge is 0.468 e. The summed E-state index contributed by atoms with van der Waals surface area (Å²) < 4.78 is 10.4. The Morgan fingerprint density at radius 2 is 2.18 bits per heavy atom. The van der Waals surface area contributed by atoms with Gasteiger partial charge < -0.3 is 14.8 Å². The summed E-state index contributed by atoms with van der Waals surface area (Å²) in [5.41, 5.74) is 1.15. The first kappa shape index (κ1) is 12.1. The number of ether oxygens (including phenoxy) is 2. The molecule has 1 saturated heterocycles. The van der Waals surface area contributed by atoms with Crippen LogP contribution in [-0.4, -0.2) is 31.8 Å². The first-order chi connectivity index (χ1) is 8.29. The molecule has 1 N–H and O–H groups in total. The van der Waals surface area contributed by atoms with Crippen molar-refractivity contribution in [1.29, 1.82) is 0 Å². The SMILES string of the molecule is COC(=O)[C@H]1C[C@@H](OCc2ccccc2)CN1. The molecular formula is C13H17NO3. The molecule has 2 rings (SSSR count). The number of benzene rings is 1. The van der Waals surface area contributed by atoms with E-state index in [-0.39, 0.29) is 18.1 Å². The van der Waals surface area contributed by atoms with E-state index in [0.29, 0.717) is 19.6 Å². The molecule has 0 unspecified atom stereocenters. The van der Waals surface area contributed by atoms with Gasteiger partial charge >= 0.3 is 5.97 Å². The highest BCUT2D eigenvalue weighted by Gasteiger charge is 2.30. The zero-order valence-corrected chi connectivity index (χ0v) is 9.89. The minimum atomic E-state index is -0.222. The van der Waals surface area contributed by atoms with E-state index < -0.39 is 0 Å². The van der Waals surface area contributed by atoms with Crippen molar-refractivity contribution in [1.82, 2.24) is 5.32 Å². The van der Waals surface area contributed by atoms with Crippen LogP contribution < -0.4 is 5.32 Å². The van der Waals surface area contributed by atoms with Gasteiger partial charge in [-0.2, -0.15) is 0 Å². The zero-order chi connectivity index (χ0) is 12.1. The lowest BCUT2D eigenvalue weighted by Gasteiger charge is -2.10. The monoisotopic (exact) mass is 235 g/mol. The van der Waals surface area contributed by atoms with Crippen molar-refractivity contribution in [2.45, 2.75) is 25.2 Å².